The minimum atomic E-state index is -2.92. The van der Waals surface area contributed by atoms with E-state index in [-0.39, 0.29) is 24.0 Å². The molecule has 1 amide bonds. The molecule has 19 heavy (non-hydrogen) atoms. The van der Waals surface area contributed by atoms with Crippen molar-refractivity contribution < 1.29 is 13.2 Å². The van der Waals surface area contributed by atoms with Crippen LogP contribution in [0.1, 0.15) is 39.0 Å². The van der Waals surface area contributed by atoms with E-state index in [4.69, 9.17) is 0 Å². The van der Waals surface area contributed by atoms with E-state index in [2.05, 4.69) is 5.32 Å². The van der Waals surface area contributed by atoms with Crippen molar-refractivity contribution in [3.8, 4) is 0 Å². The summed E-state index contributed by atoms with van der Waals surface area (Å²) < 4.78 is 23.0. The Labute approximate surface area is 115 Å². The number of sulfone groups is 1. The van der Waals surface area contributed by atoms with Gasteiger partial charge in [-0.3, -0.25) is 4.79 Å². The summed E-state index contributed by atoms with van der Waals surface area (Å²) in [6.45, 7) is 3.84. The van der Waals surface area contributed by atoms with Crippen LogP contribution in [0.5, 0.6) is 0 Å². The Morgan fingerprint density at radius 1 is 1.21 bits per heavy atom. The number of nitrogens with zero attached hydrogens (tertiary/aromatic N) is 1. The van der Waals surface area contributed by atoms with E-state index >= 15 is 0 Å². The molecule has 1 atom stereocenters. The van der Waals surface area contributed by atoms with Crippen LogP contribution in [-0.2, 0) is 14.6 Å². The molecule has 0 aromatic heterocycles. The van der Waals surface area contributed by atoms with Crippen molar-refractivity contribution in [3.63, 3.8) is 0 Å². The van der Waals surface area contributed by atoms with Crippen LogP contribution in [0, 0.1) is 0 Å². The van der Waals surface area contributed by atoms with Crippen molar-refractivity contribution in [1.29, 1.82) is 0 Å². The summed E-state index contributed by atoms with van der Waals surface area (Å²) >= 11 is 0. The van der Waals surface area contributed by atoms with Crippen LogP contribution in [0.2, 0.25) is 0 Å². The highest BCUT2D eigenvalue weighted by Gasteiger charge is 2.38. The van der Waals surface area contributed by atoms with Gasteiger partial charge in [-0.05, 0) is 26.2 Å². The van der Waals surface area contributed by atoms with Crippen LogP contribution in [0.15, 0.2) is 0 Å². The molecular formula is C13H24N2O3S. The molecule has 2 aliphatic rings. The van der Waals surface area contributed by atoms with Gasteiger partial charge in [-0.2, -0.15) is 0 Å². The van der Waals surface area contributed by atoms with E-state index in [9.17, 15) is 13.2 Å². The predicted octanol–water partition coefficient (Wildman–Crippen LogP) is 0.556. The first kappa shape index (κ1) is 14.8. The van der Waals surface area contributed by atoms with Gasteiger partial charge >= 0.3 is 0 Å². The van der Waals surface area contributed by atoms with Crippen molar-refractivity contribution in [2.45, 2.75) is 44.6 Å². The normalized spacial score (nSPS) is 31.1. The number of amides is 1. The van der Waals surface area contributed by atoms with Crippen LogP contribution >= 0.6 is 0 Å². The molecule has 0 radical (unpaired) electrons. The van der Waals surface area contributed by atoms with Gasteiger partial charge in [0, 0.05) is 18.6 Å². The Morgan fingerprint density at radius 3 is 2.37 bits per heavy atom. The Balaban J connectivity index is 1.83. The monoisotopic (exact) mass is 288 g/mol. The van der Waals surface area contributed by atoms with Gasteiger partial charge in [0.2, 0.25) is 5.91 Å². The third-order valence-electron chi connectivity index (χ3n) is 4.13. The SMILES string of the molecule is CC1(NCC(=O)N2CCCCCC2)CCS(=O)(=O)C1. The molecule has 110 valence electrons. The second kappa shape index (κ2) is 5.79. The first-order valence-corrected chi connectivity index (χ1v) is 8.96. The Kier molecular flexibility index (Phi) is 4.50. The van der Waals surface area contributed by atoms with Crippen LogP contribution < -0.4 is 5.32 Å². The summed E-state index contributed by atoms with van der Waals surface area (Å²) in [6, 6.07) is 0. The van der Waals surface area contributed by atoms with Crippen molar-refractivity contribution in [2.24, 2.45) is 0 Å². The third-order valence-corrected chi connectivity index (χ3v) is 6.03. The Morgan fingerprint density at radius 2 is 1.84 bits per heavy atom. The molecule has 2 heterocycles. The lowest BCUT2D eigenvalue weighted by molar-refractivity contribution is -0.130. The highest BCUT2D eigenvalue weighted by molar-refractivity contribution is 7.91. The number of rotatable bonds is 3. The summed E-state index contributed by atoms with van der Waals surface area (Å²) in [5.41, 5.74) is -0.430. The lowest BCUT2D eigenvalue weighted by atomic mass is 10.0. The van der Waals surface area contributed by atoms with Gasteiger partial charge in [-0.15, -0.1) is 0 Å². The fraction of sp³-hybridized carbons (Fsp3) is 0.923. The molecule has 0 spiro atoms. The van der Waals surface area contributed by atoms with E-state index in [1.807, 2.05) is 11.8 Å². The molecule has 2 saturated heterocycles. The lowest BCUT2D eigenvalue weighted by Gasteiger charge is -2.26. The molecule has 1 N–H and O–H groups in total. The first-order valence-electron chi connectivity index (χ1n) is 7.14. The molecule has 2 aliphatic heterocycles. The maximum Gasteiger partial charge on any atom is 0.236 e. The summed E-state index contributed by atoms with van der Waals surface area (Å²) in [5.74, 6) is 0.481. The van der Waals surface area contributed by atoms with Gasteiger partial charge in [-0.25, -0.2) is 8.42 Å². The quantitative estimate of drug-likeness (QED) is 0.824. The van der Waals surface area contributed by atoms with E-state index in [0.717, 1.165) is 25.9 Å². The lowest BCUT2D eigenvalue weighted by Crippen LogP contribution is -2.49. The first-order chi connectivity index (χ1) is 8.90. The molecule has 2 fully saturated rings. The molecule has 0 aromatic carbocycles. The number of likely N-dealkylation sites (tertiary alicyclic amines) is 1. The third kappa shape index (κ3) is 4.18. The number of hydrogen-bond donors (Lipinski definition) is 1. The van der Waals surface area contributed by atoms with Crippen LogP contribution in [0.4, 0.5) is 0 Å². The number of nitrogens with one attached hydrogen (secondary N) is 1. The van der Waals surface area contributed by atoms with Crippen LogP contribution in [-0.4, -0.2) is 55.9 Å². The topological polar surface area (TPSA) is 66.5 Å². The Hall–Kier alpha value is -0.620. The molecule has 2 rings (SSSR count). The molecule has 6 heteroatoms. The van der Waals surface area contributed by atoms with Gasteiger partial charge in [0.05, 0.1) is 18.1 Å². The van der Waals surface area contributed by atoms with E-state index < -0.39 is 15.4 Å². The zero-order valence-electron chi connectivity index (χ0n) is 11.7. The summed E-state index contributed by atoms with van der Waals surface area (Å²) in [6.07, 6.45) is 5.16. The smallest absolute Gasteiger partial charge is 0.236 e. The molecule has 0 aliphatic carbocycles. The minimum absolute atomic E-state index is 0.104. The number of carbonyl (C=O) groups excluding carboxylic acids is 1. The summed E-state index contributed by atoms with van der Waals surface area (Å²) in [5, 5.41) is 3.16. The maximum atomic E-state index is 12.1. The van der Waals surface area contributed by atoms with Gasteiger partial charge in [0.15, 0.2) is 9.84 Å². The summed E-state index contributed by atoms with van der Waals surface area (Å²) in [7, 11) is -2.92. The molecule has 1 unspecified atom stereocenters. The number of hydrogen-bond acceptors (Lipinski definition) is 4. The van der Waals surface area contributed by atoms with Gasteiger partial charge in [0.25, 0.3) is 0 Å². The van der Waals surface area contributed by atoms with Crippen molar-refractivity contribution in [3.05, 3.63) is 0 Å². The van der Waals surface area contributed by atoms with Crippen molar-refractivity contribution in [1.82, 2.24) is 10.2 Å². The molecule has 0 aromatic rings. The highest BCUT2D eigenvalue weighted by Crippen LogP contribution is 2.22. The van der Waals surface area contributed by atoms with E-state index in [1.54, 1.807) is 0 Å². The predicted molar refractivity (Wildman–Crippen MR) is 74.7 cm³/mol. The van der Waals surface area contributed by atoms with E-state index in [0.29, 0.717) is 6.42 Å². The molecule has 5 nitrogen and oxygen atoms in total. The largest absolute Gasteiger partial charge is 0.342 e. The second-order valence-corrected chi connectivity index (χ2v) is 8.24. The summed E-state index contributed by atoms with van der Waals surface area (Å²) in [4.78, 5) is 14.0. The van der Waals surface area contributed by atoms with Crippen molar-refractivity contribution in [2.75, 3.05) is 31.1 Å². The Bertz CT molecular complexity index is 427. The van der Waals surface area contributed by atoms with Gasteiger partial charge in [0.1, 0.15) is 0 Å². The average Bonchev–Trinajstić information content (AvgIpc) is 2.58. The van der Waals surface area contributed by atoms with Gasteiger partial charge < -0.3 is 10.2 Å². The molecular weight excluding hydrogens is 264 g/mol. The minimum Gasteiger partial charge on any atom is -0.342 e. The highest BCUT2D eigenvalue weighted by atomic mass is 32.2. The van der Waals surface area contributed by atoms with Gasteiger partial charge in [-0.1, -0.05) is 12.8 Å². The van der Waals surface area contributed by atoms with Crippen molar-refractivity contribution >= 4 is 15.7 Å². The molecule has 0 saturated carbocycles. The fourth-order valence-electron chi connectivity index (χ4n) is 2.87. The fourth-order valence-corrected chi connectivity index (χ4v) is 4.99. The standard InChI is InChI=1S/C13H24N2O3S/c1-13(6-9-19(17,18)11-13)14-10-12(16)15-7-4-2-3-5-8-15/h14H,2-11H2,1H3. The van der Waals surface area contributed by atoms with E-state index in [1.165, 1.54) is 12.8 Å². The van der Waals surface area contributed by atoms with Crippen LogP contribution in [0.25, 0.3) is 0 Å². The second-order valence-electron chi connectivity index (χ2n) is 6.05. The maximum absolute atomic E-state index is 12.1. The van der Waals surface area contributed by atoms with Crippen LogP contribution in [0.3, 0.4) is 0 Å². The zero-order chi connectivity index (χ0) is 13.9. The number of carbonyl (C=O) groups is 1. The molecule has 0 bridgehead atoms. The average molecular weight is 288 g/mol. The zero-order valence-corrected chi connectivity index (χ0v) is 12.5.